The van der Waals surface area contributed by atoms with Crippen molar-refractivity contribution in [2.75, 3.05) is 5.32 Å². The Labute approximate surface area is 140 Å². The van der Waals surface area contributed by atoms with Gasteiger partial charge in [-0.05, 0) is 38.1 Å². The molecule has 3 rings (SSSR count). The Kier molecular flexibility index (Phi) is 4.56. The van der Waals surface area contributed by atoms with Crippen LogP contribution in [0.1, 0.15) is 12.5 Å². The number of benzene rings is 1. The summed E-state index contributed by atoms with van der Waals surface area (Å²) in [6.45, 7) is 3.57. The standard InChI is InChI=1S/C18H18N4O2/c1-13-12-22(15-8-4-3-5-9-15)21-18(13)24-14(2)17(23)20-16-10-6-7-11-19-16/h3-12,14H,1-2H3,(H,19,20,23). The number of nitrogens with zero attached hydrogens (tertiary/aromatic N) is 3. The van der Waals surface area contributed by atoms with Crippen LogP contribution in [0.3, 0.4) is 0 Å². The molecule has 1 unspecified atom stereocenters. The van der Waals surface area contributed by atoms with Gasteiger partial charge >= 0.3 is 0 Å². The molecular formula is C18H18N4O2. The Balaban J connectivity index is 1.69. The van der Waals surface area contributed by atoms with Gasteiger partial charge in [0.05, 0.1) is 5.69 Å². The van der Waals surface area contributed by atoms with Crippen LogP contribution in [0.2, 0.25) is 0 Å². The number of anilines is 1. The van der Waals surface area contributed by atoms with E-state index in [4.69, 9.17) is 4.74 Å². The molecule has 1 aromatic carbocycles. The van der Waals surface area contributed by atoms with Crippen LogP contribution in [-0.2, 0) is 4.79 Å². The summed E-state index contributed by atoms with van der Waals surface area (Å²) < 4.78 is 7.44. The van der Waals surface area contributed by atoms with Crippen molar-refractivity contribution in [2.24, 2.45) is 0 Å². The Bertz CT molecular complexity index is 816. The molecule has 122 valence electrons. The molecule has 0 saturated carbocycles. The van der Waals surface area contributed by atoms with Crippen LogP contribution in [-0.4, -0.2) is 26.8 Å². The van der Waals surface area contributed by atoms with Crippen molar-refractivity contribution in [3.63, 3.8) is 0 Å². The third-order valence-electron chi connectivity index (χ3n) is 3.45. The van der Waals surface area contributed by atoms with Crippen LogP contribution < -0.4 is 10.1 Å². The Morgan fingerprint density at radius 1 is 1.17 bits per heavy atom. The quantitative estimate of drug-likeness (QED) is 0.784. The van der Waals surface area contributed by atoms with Crippen molar-refractivity contribution in [3.05, 3.63) is 66.5 Å². The molecule has 2 aromatic heterocycles. The lowest BCUT2D eigenvalue weighted by molar-refractivity contribution is -0.122. The monoisotopic (exact) mass is 322 g/mol. The highest BCUT2D eigenvalue weighted by Gasteiger charge is 2.18. The first-order chi connectivity index (χ1) is 11.6. The molecule has 0 radical (unpaired) electrons. The largest absolute Gasteiger partial charge is 0.463 e. The Hall–Kier alpha value is -3.15. The predicted octanol–water partition coefficient (Wildman–Crippen LogP) is 2.98. The van der Waals surface area contributed by atoms with Gasteiger partial charge in [-0.25, -0.2) is 9.67 Å². The van der Waals surface area contributed by atoms with Crippen LogP contribution in [0, 0.1) is 6.92 Å². The smallest absolute Gasteiger partial charge is 0.266 e. The van der Waals surface area contributed by atoms with E-state index in [1.807, 2.05) is 43.5 Å². The van der Waals surface area contributed by atoms with Gasteiger partial charge in [-0.2, -0.15) is 0 Å². The maximum absolute atomic E-state index is 12.2. The number of amides is 1. The van der Waals surface area contributed by atoms with E-state index in [2.05, 4.69) is 15.4 Å². The molecule has 0 aliphatic carbocycles. The number of nitrogens with one attached hydrogen (secondary N) is 1. The van der Waals surface area contributed by atoms with Gasteiger partial charge in [0.15, 0.2) is 6.10 Å². The van der Waals surface area contributed by atoms with E-state index in [0.29, 0.717) is 11.7 Å². The third-order valence-corrected chi connectivity index (χ3v) is 3.45. The highest BCUT2D eigenvalue weighted by molar-refractivity contribution is 5.93. The maximum Gasteiger partial charge on any atom is 0.266 e. The van der Waals surface area contributed by atoms with Gasteiger partial charge < -0.3 is 10.1 Å². The predicted molar refractivity (Wildman–Crippen MR) is 91.3 cm³/mol. The van der Waals surface area contributed by atoms with Crippen LogP contribution in [0.4, 0.5) is 5.82 Å². The second-order valence-electron chi connectivity index (χ2n) is 5.36. The maximum atomic E-state index is 12.2. The van der Waals surface area contributed by atoms with Gasteiger partial charge in [-0.15, -0.1) is 5.10 Å². The molecule has 1 amide bonds. The van der Waals surface area contributed by atoms with Gasteiger partial charge in [0.1, 0.15) is 5.82 Å². The number of aromatic nitrogens is 3. The number of aryl methyl sites for hydroxylation is 1. The van der Waals surface area contributed by atoms with E-state index in [1.54, 1.807) is 36.0 Å². The molecule has 1 N–H and O–H groups in total. The Morgan fingerprint density at radius 2 is 1.92 bits per heavy atom. The first-order valence-electron chi connectivity index (χ1n) is 7.64. The van der Waals surface area contributed by atoms with Crippen LogP contribution in [0.15, 0.2) is 60.9 Å². The molecule has 0 bridgehead atoms. The zero-order chi connectivity index (χ0) is 16.9. The number of pyridine rings is 1. The molecule has 0 aliphatic rings. The SMILES string of the molecule is Cc1cn(-c2ccccc2)nc1OC(C)C(=O)Nc1ccccn1. The summed E-state index contributed by atoms with van der Waals surface area (Å²) in [4.78, 5) is 16.3. The summed E-state index contributed by atoms with van der Waals surface area (Å²) in [7, 11) is 0. The highest BCUT2D eigenvalue weighted by Crippen LogP contribution is 2.19. The summed E-state index contributed by atoms with van der Waals surface area (Å²) in [6.07, 6.45) is 2.80. The molecule has 6 heteroatoms. The minimum atomic E-state index is -0.690. The second-order valence-corrected chi connectivity index (χ2v) is 5.36. The first-order valence-corrected chi connectivity index (χ1v) is 7.64. The summed E-state index contributed by atoms with van der Waals surface area (Å²) in [5, 5.41) is 7.12. The van der Waals surface area contributed by atoms with Crippen molar-refractivity contribution >= 4 is 11.7 Å². The average molecular weight is 322 g/mol. The molecule has 0 spiro atoms. The number of carbonyl (C=O) groups is 1. The van der Waals surface area contributed by atoms with E-state index in [9.17, 15) is 4.79 Å². The van der Waals surface area contributed by atoms with Gasteiger partial charge in [-0.1, -0.05) is 24.3 Å². The van der Waals surface area contributed by atoms with Crippen molar-refractivity contribution < 1.29 is 9.53 Å². The number of para-hydroxylation sites is 1. The lowest BCUT2D eigenvalue weighted by atomic mass is 10.3. The fourth-order valence-corrected chi connectivity index (χ4v) is 2.16. The second kappa shape index (κ2) is 6.95. The van der Waals surface area contributed by atoms with Crippen molar-refractivity contribution in [1.82, 2.24) is 14.8 Å². The number of rotatable bonds is 5. The summed E-state index contributed by atoms with van der Waals surface area (Å²) in [5.41, 5.74) is 1.79. The van der Waals surface area contributed by atoms with E-state index < -0.39 is 6.10 Å². The molecule has 3 aromatic rings. The van der Waals surface area contributed by atoms with E-state index in [0.717, 1.165) is 11.3 Å². The fourth-order valence-electron chi connectivity index (χ4n) is 2.16. The van der Waals surface area contributed by atoms with E-state index in [-0.39, 0.29) is 5.91 Å². The molecule has 0 saturated heterocycles. The minimum absolute atomic E-state index is 0.276. The van der Waals surface area contributed by atoms with Gasteiger partial charge in [0, 0.05) is 18.0 Å². The number of hydrogen-bond acceptors (Lipinski definition) is 4. The van der Waals surface area contributed by atoms with Crippen molar-refractivity contribution in [1.29, 1.82) is 0 Å². The minimum Gasteiger partial charge on any atom is -0.463 e. The van der Waals surface area contributed by atoms with Gasteiger partial charge in [-0.3, -0.25) is 4.79 Å². The van der Waals surface area contributed by atoms with Crippen LogP contribution in [0.25, 0.3) is 5.69 Å². The Morgan fingerprint density at radius 3 is 2.62 bits per heavy atom. The normalized spacial score (nSPS) is 11.8. The number of hydrogen-bond donors (Lipinski definition) is 1. The molecular weight excluding hydrogens is 304 g/mol. The lowest BCUT2D eigenvalue weighted by Crippen LogP contribution is -2.30. The molecule has 24 heavy (non-hydrogen) atoms. The zero-order valence-corrected chi connectivity index (χ0v) is 13.5. The molecule has 0 aliphatic heterocycles. The highest BCUT2D eigenvalue weighted by atomic mass is 16.5. The summed E-state index contributed by atoms with van der Waals surface area (Å²) in [5.74, 6) is 0.648. The summed E-state index contributed by atoms with van der Waals surface area (Å²) >= 11 is 0. The van der Waals surface area contributed by atoms with Crippen LogP contribution in [0.5, 0.6) is 5.88 Å². The topological polar surface area (TPSA) is 69.0 Å². The van der Waals surface area contributed by atoms with Gasteiger partial charge in [0.2, 0.25) is 5.88 Å². The molecule has 2 heterocycles. The third kappa shape index (κ3) is 3.60. The average Bonchev–Trinajstić information content (AvgIpc) is 2.97. The van der Waals surface area contributed by atoms with Crippen LogP contribution >= 0.6 is 0 Å². The van der Waals surface area contributed by atoms with E-state index in [1.165, 1.54) is 0 Å². The zero-order valence-electron chi connectivity index (χ0n) is 13.5. The first kappa shape index (κ1) is 15.7. The molecule has 1 atom stereocenters. The lowest BCUT2D eigenvalue weighted by Gasteiger charge is -2.13. The van der Waals surface area contributed by atoms with Gasteiger partial charge in [0.25, 0.3) is 5.91 Å². The molecule has 6 nitrogen and oxygen atoms in total. The van der Waals surface area contributed by atoms with E-state index >= 15 is 0 Å². The number of carbonyl (C=O) groups excluding carboxylic acids is 1. The summed E-state index contributed by atoms with van der Waals surface area (Å²) in [6, 6.07) is 15.0. The fraction of sp³-hybridized carbons (Fsp3) is 0.167. The molecule has 0 fully saturated rings. The van der Waals surface area contributed by atoms with Crippen molar-refractivity contribution in [3.8, 4) is 11.6 Å². The number of ether oxygens (including phenoxy) is 1. The van der Waals surface area contributed by atoms with Crippen molar-refractivity contribution in [2.45, 2.75) is 20.0 Å².